The number of halogens is 1. The summed E-state index contributed by atoms with van der Waals surface area (Å²) >= 11 is 6.07. The lowest BCUT2D eigenvalue weighted by Crippen LogP contribution is -2.17. The number of hydrogen-bond acceptors (Lipinski definition) is 4. The third kappa shape index (κ3) is 3.28. The summed E-state index contributed by atoms with van der Waals surface area (Å²) in [5.41, 5.74) is 2.14. The van der Waals surface area contributed by atoms with Crippen molar-refractivity contribution in [3.05, 3.63) is 34.5 Å². The van der Waals surface area contributed by atoms with E-state index in [-0.39, 0.29) is 5.41 Å². The molecule has 0 aliphatic heterocycles. The number of nitrogens with zero attached hydrogens (tertiary/aromatic N) is 4. The van der Waals surface area contributed by atoms with Gasteiger partial charge in [-0.3, -0.25) is 4.68 Å². The van der Waals surface area contributed by atoms with Gasteiger partial charge < -0.3 is 5.32 Å². The van der Waals surface area contributed by atoms with E-state index < -0.39 is 0 Å². The average molecular weight is 294 g/mol. The van der Waals surface area contributed by atoms with Gasteiger partial charge in [-0.15, -0.1) is 0 Å². The smallest absolute Gasteiger partial charge is 0.137 e. The van der Waals surface area contributed by atoms with E-state index in [1.165, 1.54) is 0 Å². The summed E-state index contributed by atoms with van der Waals surface area (Å²) in [5.74, 6) is 1.47. The number of nitrogens with one attached hydrogen (secondary N) is 1. The lowest BCUT2D eigenvalue weighted by atomic mass is 9.96. The van der Waals surface area contributed by atoms with Crippen molar-refractivity contribution in [1.29, 1.82) is 0 Å². The lowest BCUT2D eigenvalue weighted by molar-refractivity contribution is 0.546. The van der Waals surface area contributed by atoms with E-state index in [0.717, 1.165) is 22.9 Å². The van der Waals surface area contributed by atoms with Crippen molar-refractivity contribution in [2.75, 3.05) is 5.32 Å². The lowest BCUT2D eigenvalue weighted by Gasteiger charge is -2.17. The third-order valence-corrected chi connectivity index (χ3v) is 3.36. The van der Waals surface area contributed by atoms with Crippen LogP contribution in [0.2, 0.25) is 5.15 Å². The Morgan fingerprint density at radius 3 is 2.55 bits per heavy atom. The van der Waals surface area contributed by atoms with Crippen LogP contribution in [0.5, 0.6) is 0 Å². The molecule has 0 fully saturated rings. The SMILES string of the molecule is Cc1c(CNc2cc(Cl)nc(C(C)(C)C)n2)cnn1C. The predicted molar refractivity (Wildman–Crippen MR) is 81.0 cm³/mol. The van der Waals surface area contributed by atoms with Crippen molar-refractivity contribution >= 4 is 17.4 Å². The molecule has 0 aliphatic carbocycles. The minimum Gasteiger partial charge on any atom is -0.366 e. The second-order valence-electron chi connectivity index (χ2n) is 5.88. The minimum absolute atomic E-state index is 0.133. The molecule has 0 aliphatic rings. The first-order valence-electron chi connectivity index (χ1n) is 6.54. The average Bonchev–Trinajstić information content (AvgIpc) is 2.66. The van der Waals surface area contributed by atoms with Crippen LogP contribution in [0.4, 0.5) is 5.82 Å². The van der Waals surface area contributed by atoms with E-state index in [1.54, 1.807) is 6.07 Å². The van der Waals surface area contributed by atoms with Gasteiger partial charge in [0.15, 0.2) is 0 Å². The number of aryl methyl sites for hydroxylation is 1. The zero-order valence-electron chi connectivity index (χ0n) is 12.5. The van der Waals surface area contributed by atoms with Crippen LogP contribution < -0.4 is 5.32 Å². The van der Waals surface area contributed by atoms with Gasteiger partial charge in [0, 0.05) is 36.3 Å². The topological polar surface area (TPSA) is 55.6 Å². The summed E-state index contributed by atoms with van der Waals surface area (Å²) < 4.78 is 1.85. The summed E-state index contributed by atoms with van der Waals surface area (Å²) in [6, 6.07) is 1.74. The molecule has 2 heterocycles. The van der Waals surface area contributed by atoms with E-state index in [4.69, 9.17) is 11.6 Å². The molecule has 0 atom stereocenters. The highest BCUT2D eigenvalue weighted by molar-refractivity contribution is 6.29. The van der Waals surface area contributed by atoms with Gasteiger partial charge in [0.05, 0.1) is 6.20 Å². The van der Waals surface area contributed by atoms with E-state index in [1.807, 2.05) is 24.9 Å². The molecule has 1 N–H and O–H groups in total. The van der Waals surface area contributed by atoms with E-state index in [2.05, 4.69) is 41.2 Å². The van der Waals surface area contributed by atoms with Crippen LogP contribution in [0, 0.1) is 6.92 Å². The van der Waals surface area contributed by atoms with Crippen LogP contribution in [0.25, 0.3) is 0 Å². The summed E-state index contributed by atoms with van der Waals surface area (Å²) in [7, 11) is 1.93. The first-order chi connectivity index (χ1) is 9.27. The Kier molecular flexibility index (Phi) is 3.99. The molecule has 0 saturated heterocycles. The number of hydrogen-bond donors (Lipinski definition) is 1. The first kappa shape index (κ1) is 14.8. The van der Waals surface area contributed by atoms with Crippen molar-refractivity contribution in [2.45, 2.75) is 39.7 Å². The van der Waals surface area contributed by atoms with E-state index in [0.29, 0.717) is 11.7 Å². The Hall–Kier alpha value is -1.62. The Morgan fingerprint density at radius 1 is 1.30 bits per heavy atom. The highest BCUT2D eigenvalue weighted by Crippen LogP contribution is 2.22. The highest BCUT2D eigenvalue weighted by Gasteiger charge is 2.18. The molecule has 0 radical (unpaired) electrons. The molecule has 5 nitrogen and oxygen atoms in total. The molecule has 20 heavy (non-hydrogen) atoms. The van der Waals surface area contributed by atoms with Crippen LogP contribution in [0.1, 0.15) is 37.9 Å². The number of rotatable bonds is 3. The quantitative estimate of drug-likeness (QED) is 0.884. The fourth-order valence-electron chi connectivity index (χ4n) is 1.75. The summed E-state index contributed by atoms with van der Waals surface area (Å²) in [5, 5.41) is 7.95. The Bertz CT molecular complexity index is 613. The molecule has 0 spiro atoms. The van der Waals surface area contributed by atoms with Crippen LogP contribution in [-0.2, 0) is 19.0 Å². The molecule has 6 heteroatoms. The fourth-order valence-corrected chi connectivity index (χ4v) is 1.93. The van der Waals surface area contributed by atoms with Crippen molar-refractivity contribution in [3.63, 3.8) is 0 Å². The Labute approximate surface area is 124 Å². The van der Waals surface area contributed by atoms with Crippen molar-refractivity contribution in [1.82, 2.24) is 19.7 Å². The maximum atomic E-state index is 6.07. The summed E-state index contributed by atoms with van der Waals surface area (Å²) in [6.07, 6.45) is 1.86. The van der Waals surface area contributed by atoms with Crippen LogP contribution in [0.15, 0.2) is 12.3 Å². The van der Waals surface area contributed by atoms with Gasteiger partial charge in [0.2, 0.25) is 0 Å². The Morgan fingerprint density at radius 2 is 2.00 bits per heavy atom. The maximum absolute atomic E-state index is 6.07. The molecular weight excluding hydrogens is 274 g/mol. The second-order valence-corrected chi connectivity index (χ2v) is 6.27. The normalized spacial score (nSPS) is 11.7. The standard InChI is InChI=1S/C14H20ClN5/c1-9-10(8-17-20(9)5)7-16-12-6-11(15)18-13(19-12)14(2,3)4/h6,8H,7H2,1-5H3,(H,16,18,19). The van der Waals surface area contributed by atoms with Crippen molar-refractivity contribution in [2.24, 2.45) is 7.05 Å². The van der Waals surface area contributed by atoms with Crippen LogP contribution in [-0.4, -0.2) is 19.7 Å². The minimum atomic E-state index is -0.133. The zero-order chi connectivity index (χ0) is 14.9. The molecule has 0 amide bonds. The maximum Gasteiger partial charge on any atom is 0.137 e. The molecular formula is C14H20ClN5. The largest absolute Gasteiger partial charge is 0.366 e. The van der Waals surface area contributed by atoms with Gasteiger partial charge in [-0.05, 0) is 6.92 Å². The van der Waals surface area contributed by atoms with Crippen molar-refractivity contribution < 1.29 is 0 Å². The van der Waals surface area contributed by atoms with Gasteiger partial charge in [-0.1, -0.05) is 32.4 Å². The van der Waals surface area contributed by atoms with E-state index in [9.17, 15) is 0 Å². The molecule has 0 bridgehead atoms. The summed E-state index contributed by atoms with van der Waals surface area (Å²) in [4.78, 5) is 8.80. The van der Waals surface area contributed by atoms with Crippen LogP contribution >= 0.6 is 11.6 Å². The van der Waals surface area contributed by atoms with E-state index >= 15 is 0 Å². The van der Waals surface area contributed by atoms with Crippen LogP contribution in [0.3, 0.4) is 0 Å². The molecule has 2 aromatic rings. The molecule has 2 aromatic heterocycles. The third-order valence-electron chi connectivity index (χ3n) is 3.16. The second kappa shape index (κ2) is 5.40. The van der Waals surface area contributed by atoms with Gasteiger partial charge >= 0.3 is 0 Å². The fraction of sp³-hybridized carbons (Fsp3) is 0.500. The zero-order valence-corrected chi connectivity index (χ0v) is 13.3. The van der Waals surface area contributed by atoms with Crippen molar-refractivity contribution in [3.8, 4) is 0 Å². The van der Waals surface area contributed by atoms with Gasteiger partial charge in [0.1, 0.15) is 16.8 Å². The highest BCUT2D eigenvalue weighted by atomic mass is 35.5. The Balaban J connectivity index is 2.18. The van der Waals surface area contributed by atoms with Gasteiger partial charge in [-0.2, -0.15) is 5.10 Å². The monoisotopic (exact) mass is 293 g/mol. The number of aromatic nitrogens is 4. The summed E-state index contributed by atoms with van der Waals surface area (Å²) in [6.45, 7) is 8.89. The number of anilines is 1. The predicted octanol–water partition coefficient (Wildman–Crippen LogP) is 3.08. The van der Waals surface area contributed by atoms with Gasteiger partial charge in [-0.25, -0.2) is 9.97 Å². The molecule has 2 rings (SSSR count). The molecule has 0 aromatic carbocycles. The first-order valence-corrected chi connectivity index (χ1v) is 6.91. The molecule has 108 valence electrons. The molecule has 0 saturated carbocycles. The van der Waals surface area contributed by atoms with Gasteiger partial charge in [0.25, 0.3) is 0 Å². The molecule has 0 unspecified atom stereocenters.